The van der Waals surface area contributed by atoms with E-state index in [1.54, 1.807) is 31.2 Å². The van der Waals surface area contributed by atoms with Crippen LogP contribution in [0.25, 0.3) is 5.57 Å². The molecule has 3 N–H and O–H groups in total. The molecule has 21 heavy (non-hydrogen) atoms. The van der Waals surface area contributed by atoms with Gasteiger partial charge in [-0.15, -0.1) is 5.17 Å². The van der Waals surface area contributed by atoms with Crippen LogP contribution >= 0.6 is 11.6 Å². The fourth-order valence-electron chi connectivity index (χ4n) is 2.06. The Labute approximate surface area is 126 Å². The number of carbonyl (C=O) groups is 2. The number of nitrogens with zero attached hydrogens (tertiary/aromatic N) is 2. The van der Waals surface area contributed by atoms with E-state index in [4.69, 9.17) is 27.3 Å². The zero-order valence-corrected chi connectivity index (χ0v) is 12.0. The van der Waals surface area contributed by atoms with Crippen molar-refractivity contribution in [2.45, 2.75) is 6.92 Å². The van der Waals surface area contributed by atoms with Gasteiger partial charge in [0.05, 0.1) is 0 Å². The number of hydrazine groups is 1. The van der Waals surface area contributed by atoms with Crippen LogP contribution in [0.1, 0.15) is 12.5 Å². The van der Waals surface area contributed by atoms with Crippen molar-refractivity contribution in [3.05, 3.63) is 40.5 Å². The van der Waals surface area contributed by atoms with Crippen LogP contribution in [0, 0.1) is 0 Å². The van der Waals surface area contributed by atoms with E-state index in [1.165, 1.54) is 0 Å². The second-order valence-electron chi connectivity index (χ2n) is 4.22. The molecule has 0 saturated carbocycles. The second kappa shape index (κ2) is 6.02. The van der Waals surface area contributed by atoms with E-state index in [0.717, 1.165) is 10.2 Å². The zero-order chi connectivity index (χ0) is 15.6. The van der Waals surface area contributed by atoms with Crippen molar-refractivity contribution in [3.8, 4) is 0 Å². The Morgan fingerprint density at radius 2 is 2.14 bits per heavy atom. The number of hydrogen-bond donors (Lipinski definition) is 2. The lowest BCUT2D eigenvalue weighted by Gasteiger charge is -2.28. The lowest BCUT2D eigenvalue weighted by molar-refractivity contribution is -0.219. The normalized spacial score (nSPS) is 14.5. The minimum atomic E-state index is -1.25. The number of nitrogens with two attached hydrogens (primary N) is 1. The van der Waals surface area contributed by atoms with Crippen LogP contribution < -0.4 is 5.73 Å². The number of carbonyl (C=O) groups excluding carboxylic acids is 1. The molecule has 0 unspecified atom stereocenters. The largest absolute Gasteiger partial charge is 0.464 e. The predicted octanol–water partition coefficient (Wildman–Crippen LogP) is 1.70. The Kier molecular flexibility index (Phi) is 4.35. The third-order valence-corrected chi connectivity index (χ3v) is 3.31. The van der Waals surface area contributed by atoms with E-state index in [2.05, 4.69) is 0 Å². The molecule has 0 atom stereocenters. The SMILES string of the molecule is CCN(C(=O)O)N1OCC(c2ccccc2Cl)=C1C(N)=O. The molecule has 0 aliphatic carbocycles. The van der Waals surface area contributed by atoms with Crippen molar-refractivity contribution in [2.24, 2.45) is 5.73 Å². The third-order valence-electron chi connectivity index (χ3n) is 2.98. The molecule has 0 spiro atoms. The molecule has 0 bridgehead atoms. The summed E-state index contributed by atoms with van der Waals surface area (Å²) in [7, 11) is 0. The number of benzene rings is 1. The first-order valence-corrected chi connectivity index (χ1v) is 6.56. The van der Waals surface area contributed by atoms with Crippen LogP contribution in [0.5, 0.6) is 0 Å². The molecular weight excluding hydrogens is 298 g/mol. The number of amides is 2. The van der Waals surface area contributed by atoms with Crippen molar-refractivity contribution in [2.75, 3.05) is 13.2 Å². The highest BCUT2D eigenvalue weighted by atomic mass is 35.5. The van der Waals surface area contributed by atoms with E-state index < -0.39 is 12.0 Å². The summed E-state index contributed by atoms with van der Waals surface area (Å²) in [6, 6.07) is 6.88. The van der Waals surface area contributed by atoms with Gasteiger partial charge in [-0.2, -0.15) is 5.01 Å². The van der Waals surface area contributed by atoms with Crippen LogP contribution in [0.15, 0.2) is 30.0 Å². The summed E-state index contributed by atoms with van der Waals surface area (Å²) < 4.78 is 0. The molecule has 8 heteroatoms. The quantitative estimate of drug-likeness (QED) is 0.882. The van der Waals surface area contributed by atoms with Crippen molar-refractivity contribution < 1.29 is 19.5 Å². The van der Waals surface area contributed by atoms with Gasteiger partial charge in [0.1, 0.15) is 6.61 Å². The van der Waals surface area contributed by atoms with Crippen LogP contribution in [0.3, 0.4) is 0 Å². The van der Waals surface area contributed by atoms with Gasteiger partial charge in [-0.3, -0.25) is 4.79 Å². The molecule has 1 aliphatic rings. The molecule has 2 amide bonds. The number of hydrogen-bond acceptors (Lipinski definition) is 4. The maximum Gasteiger partial charge on any atom is 0.428 e. The number of primary amides is 1. The molecule has 1 aromatic rings. The first kappa shape index (κ1) is 15.1. The van der Waals surface area contributed by atoms with Crippen LogP contribution in [0.4, 0.5) is 4.79 Å². The van der Waals surface area contributed by atoms with Crippen molar-refractivity contribution >= 4 is 29.2 Å². The molecule has 7 nitrogen and oxygen atoms in total. The van der Waals surface area contributed by atoms with Gasteiger partial charge in [0, 0.05) is 22.7 Å². The average Bonchev–Trinajstić information content (AvgIpc) is 2.84. The molecule has 0 aromatic heterocycles. The van der Waals surface area contributed by atoms with E-state index in [1.807, 2.05) is 0 Å². The standard InChI is InChI=1S/C13H14ClN3O4/c1-2-16(13(19)20)17-11(12(15)18)9(7-21-17)8-5-3-4-6-10(8)14/h3-6H,2,7H2,1H3,(H2,15,18)(H,19,20). The smallest absolute Gasteiger partial charge is 0.428 e. The summed E-state index contributed by atoms with van der Waals surface area (Å²) in [5.74, 6) is -0.790. The van der Waals surface area contributed by atoms with Crippen molar-refractivity contribution in [1.82, 2.24) is 10.2 Å². The molecule has 0 fully saturated rings. The summed E-state index contributed by atoms with van der Waals surface area (Å²) in [5.41, 5.74) is 6.37. The fourth-order valence-corrected chi connectivity index (χ4v) is 2.31. The molecule has 1 aliphatic heterocycles. The van der Waals surface area contributed by atoms with E-state index >= 15 is 0 Å². The molecule has 0 saturated heterocycles. The van der Waals surface area contributed by atoms with Gasteiger partial charge in [0.15, 0.2) is 5.70 Å². The number of hydroxylamine groups is 1. The van der Waals surface area contributed by atoms with Crippen molar-refractivity contribution in [3.63, 3.8) is 0 Å². The lowest BCUT2D eigenvalue weighted by Crippen LogP contribution is -2.45. The van der Waals surface area contributed by atoms with Gasteiger partial charge in [-0.1, -0.05) is 29.8 Å². The minimum Gasteiger partial charge on any atom is -0.464 e. The van der Waals surface area contributed by atoms with E-state index in [-0.39, 0.29) is 18.8 Å². The highest BCUT2D eigenvalue weighted by Gasteiger charge is 2.35. The minimum absolute atomic E-state index is 0.00574. The van der Waals surface area contributed by atoms with Gasteiger partial charge in [0.2, 0.25) is 0 Å². The summed E-state index contributed by atoms with van der Waals surface area (Å²) in [6.45, 7) is 1.72. The topological polar surface area (TPSA) is 96.1 Å². The Hall–Kier alpha value is -2.25. The first-order valence-electron chi connectivity index (χ1n) is 6.18. The highest BCUT2D eigenvalue weighted by Crippen LogP contribution is 2.33. The van der Waals surface area contributed by atoms with E-state index in [0.29, 0.717) is 16.2 Å². The summed E-state index contributed by atoms with van der Waals surface area (Å²) in [4.78, 5) is 28.2. The van der Waals surface area contributed by atoms with Gasteiger partial charge in [-0.05, 0) is 13.0 Å². The number of rotatable bonds is 4. The maximum absolute atomic E-state index is 11.7. The first-order chi connectivity index (χ1) is 9.97. The Balaban J connectivity index is 2.52. The Morgan fingerprint density at radius 1 is 1.48 bits per heavy atom. The fraction of sp³-hybridized carbons (Fsp3) is 0.231. The van der Waals surface area contributed by atoms with Gasteiger partial charge >= 0.3 is 6.09 Å². The van der Waals surface area contributed by atoms with Gasteiger partial charge < -0.3 is 10.8 Å². The van der Waals surface area contributed by atoms with Crippen LogP contribution in [-0.4, -0.2) is 40.4 Å². The third kappa shape index (κ3) is 2.79. The summed E-state index contributed by atoms with van der Waals surface area (Å²) in [5, 5.41) is 11.3. The average molecular weight is 312 g/mol. The summed E-state index contributed by atoms with van der Waals surface area (Å²) in [6.07, 6.45) is -1.25. The predicted molar refractivity (Wildman–Crippen MR) is 75.8 cm³/mol. The van der Waals surface area contributed by atoms with Gasteiger partial charge in [0.25, 0.3) is 5.91 Å². The molecule has 2 rings (SSSR count). The maximum atomic E-state index is 11.7. The van der Waals surface area contributed by atoms with Crippen molar-refractivity contribution in [1.29, 1.82) is 0 Å². The highest BCUT2D eigenvalue weighted by molar-refractivity contribution is 6.32. The van der Waals surface area contributed by atoms with Gasteiger partial charge in [-0.25, -0.2) is 9.63 Å². The monoisotopic (exact) mass is 311 g/mol. The molecule has 112 valence electrons. The van der Waals surface area contributed by atoms with E-state index in [9.17, 15) is 9.59 Å². The number of carboxylic acid groups (broad SMARTS) is 1. The summed E-state index contributed by atoms with van der Waals surface area (Å²) >= 11 is 6.11. The van der Waals surface area contributed by atoms with Crippen LogP contribution in [0.2, 0.25) is 5.02 Å². The Bertz CT molecular complexity index is 617. The molecule has 0 radical (unpaired) electrons. The lowest BCUT2D eigenvalue weighted by atomic mass is 10.0. The number of halogens is 1. The second-order valence-corrected chi connectivity index (χ2v) is 4.62. The molecule has 1 heterocycles. The van der Waals surface area contributed by atoms with Crippen LogP contribution in [-0.2, 0) is 9.63 Å². The molecule has 1 aromatic carbocycles. The molecular formula is C13H14ClN3O4. The zero-order valence-electron chi connectivity index (χ0n) is 11.2. The Morgan fingerprint density at radius 3 is 2.67 bits per heavy atom.